The lowest BCUT2D eigenvalue weighted by Crippen LogP contribution is -2.27. The first-order chi connectivity index (χ1) is 10.1. The molecule has 0 aliphatic rings. The quantitative estimate of drug-likeness (QED) is 0.847. The topological polar surface area (TPSA) is 21.3 Å². The van der Waals surface area contributed by atoms with Crippen molar-refractivity contribution in [1.29, 1.82) is 0 Å². The van der Waals surface area contributed by atoms with E-state index in [1.165, 1.54) is 6.07 Å². The van der Waals surface area contributed by atoms with Gasteiger partial charge in [-0.05, 0) is 37.2 Å². The molecule has 1 atom stereocenters. The molecule has 0 saturated heterocycles. The second-order valence-corrected chi connectivity index (χ2v) is 5.29. The number of halogens is 2. The fourth-order valence-corrected chi connectivity index (χ4v) is 2.33. The molecule has 2 aromatic rings. The van der Waals surface area contributed by atoms with Gasteiger partial charge in [-0.25, -0.2) is 4.39 Å². The predicted octanol–water partition coefficient (Wildman–Crippen LogP) is 4.52. The predicted molar refractivity (Wildman–Crippen MR) is 84.5 cm³/mol. The molecule has 0 radical (unpaired) electrons. The molecular formula is C17H19ClFNO. The van der Waals surface area contributed by atoms with Crippen LogP contribution in [0.2, 0.25) is 5.02 Å². The normalized spacial score (nSPS) is 12.2. The van der Waals surface area contributed by atoms with Gasteiger partial charge >= 0.3 is 0 Å². The number of ether oxygens (including phenoxy) is 1. The maximum absolute atomic E-state index is 13.9. The van der Waals surface area contributed by atoms with Crippen LogP contribution in [0.1, 0.15) is 24.1 Å². The Morgan fingerprint density at radius 3 is 2.71 bits per heavy atom. The van der Waals surface area contributed by atoms with E-state index in [9.17, 15) is 4.39 Å². The van der Waals surface area contributed by atoms with Gasteiger partial charge in [0.05, 0.1) is 6.04 Å². The molecule has 21 heavy (non-hydrogen) atoms. The number of nitrogens with one attached hydrogen (secondary N) is 1. The Morgan fingerprint density at radius 1 is 1.24 bits per heavy atom. The first-order valence-corrected chi connectivity index (χ1v) is 7.36. The standard InChI is InChI=1S/C17H19ClFNO/c1-3-20-16(14-6-4-5-7-15(14)19)11-21-17-10-13(18)9-8-12(17)2/h4-10,16,20H,3,11H2,1-2H3. The first kappa shape index (κ1) is 15.8. The SMILES string of the molecule is CCNC(COc1cc(Cl)ccc1C)c1ccccc1F. The zero-order valence-corrected chi connectivity index (χ0v) is 13.0. The molecule has 2 nitrogen and oxygen atoms in total. The number of likely N-dealkylation sites (N-methyl/N-ethyl adjacent to an activating group) is 1. The third kappa shape index (κ3) is 4.19. The Balaban J connectivity index is 2.14. The van der Waals surface area contributed by atoms with Crippen LogP contribution < -0.4 is 10.1 Å². The van der Waals surface area contributed by atoms with Gasteiger partial charge in [0.25, 0.3) is 0 Å². The molecule has 2 aromatic carbocycles. The van der Waals surface area contributed by atoms with E-state index in [1.54, 1.807) is 18.2 Å². The van der Waals surface area contributed by atoms with Crippen LogP contribution >= 0.6 is 11.6 Å². The molecule has 4 heteroatoms. The largest absolute Gasteiger partial charge is 0.491 e. The summed E-state index contributed by atoms with van der Waals surface area (Å²) in [5, 5.41) is 3.87. The minimum Gasteiger partial charge on any atom is -0.491 e. The molecule has 0 spiro atoms. The third-order valence-electron chi connectivity index (χ3n) is 3.29. The monoisotopic (exact) mass is 307 g/mol. The van der Waals surface area contributed by atoms with Crippen molar-refractivity contribution >= 4 is 11.6 Å². The van der Waals surface area contributed by atoms with Gasteiger partial charge in [0.15, 0.2) is 0 Å². The first-order valence-electron chi connectivity index (χ1n) is 6.98. The molecule has 1 unspecified atom stereocenters. The van der Waals surface area contributed by atoms with E-state index < -0.39 is 0 Å². The van der Waals surface area contributed by atoms with E-state index >= 15 is 0 Å². The number of aryl methyl sites for hydroxylation is 1. The Kier molecular flexibility index (Phi) is 5.59. The molecule has 2 rings (SSSR count). The summed E-state index contributed by atoms with van der Waals surface area (Å²) in [7, 11) is 0. The molecule has 1 N–H and O–H groups in total. The van der Waals surface area contributed by atoms with Gasteiger partial charge in [-0.1, -0.05) is 42.8 Å². The zero-order chi connectivity index (χ0) is 15.2. The van der Waals surface area contributed by atoms with Crippen molar-refractivity contribution in [1.82, 2.24) is 5.32 Å². The summed E-state index contributed by atoms with van der Waals surface area (Å²) in [6.07, 6.45) is 0. The highest BCUT2D eigenvalue weighted by Crippen LogP contribution is 2.24. The maximum atomic E-state index is 13.9. The van der Waals surface area contributed by atoms with Crippen LogP contribution in [0.5, 0.6) is 5.75 Å². The van der Waals surface area contributed by atoms with Gasteiger partial charge in [-0.15, -0.1) is 0 Å². The molecular weight excluding hydrogens is 289 g/mol. The van der Waals surface area contributed by atoms with Gasteiger partial charge in [-0.3, -0.25) is 0 Å². The minimum absolute atomic E-state index is 0.199. The highest BCUT2D eigenvalue weighted by Gasteiger charge is 2.15. The molecule has 0 heterocycles. The summed E-state index contributed by atoms with van der Waals surface area (Å²) >= 11 is 5.98. The van der Waals surface area contributed by atoms with Crippen molar-refractivity contribution in [2.24, 2.45) is 0 Å². The maximum Gasteiger partial charge on any atom is 0.128 e. The van der Waals surface area contributed by atoms with Crippen LogP contribution in [-0.4, -0.2) is 13.2 Å². The highest BCUT2D eigenvalue weighted by atomic mass is 35.5. The van der Waals surface area contributed by atoms with Crippen LogP contribution in [0.15, 0.2) is 42.5 Å². The van der Waals surface area contributed by atoms with Gasteiger partial charge < -0.3 is 10.1 Å². The fourth-order valence-electron chi connectivity index (χ4n) is 2.17. The van der Waals surface area contributed by atoms with Gasteiger partial charge in [-0.2, -0.15) is 0 Å². The molecule has 0 amide bonds. The van der Waals surface area contributed by atoms with Crippen molar-refractivity contribution in [3.05, 3.63) is 64.4 Å². The fraction of sp³-hybridized carbons (Fsp3) is 0.294. The second kappa shape index (κ2) is 7.43. The lowest BCUT2D eigenvalue weighted by atomic mass is 10.1. The number of hydrogen-bond donors (Lipinski definition) is 1. The number of hydrogen-bond acceptors (Lipinski definition) is 2. The van der Waals surface area contributed by atoms with Crippen LogP contribution in [0, 0.1) is 12.7 Å². The van der Waals surface area contributed by atoms with Crippen LogP contribution in [0.25, 0.3) is 0 Å². The van der Waals surface area contributed by atoms with E-state index in [0.717, 1.165) is 17.9 Å². The Hall–Kier alpha value is -1.58. The Labute approximate surface area is 129 Å². The molecule has 0 aromatic heterocycles. The summed E-state index contributed by atoms with van der Waals surface area (Å²) in [5.74, 6) is 0.497. The van der Waals surface area contributed by atoms with E-state index in [0.29, 0.717) is 17.2 Å². The molecule has 0 bridgehead atoms. The van der Waals surface area contributed by atoms with Crippen molar-refractivity contribution in [3.63, 3.8) is 0 Å². The smallest absolute Gasteiger partial charge is 0.128 e. The average Bonchev–Trinajstić information content (AvgIpc) is 2.47. The Morgan fingerprint density at radius 2 is 2.00 bits per heavy atom. The van der Waals surface area contributed by atoms with Gasteiger partial charge in [0.2, 0.25) is 0 Å². The summed E-state index contributed by atoms with van der Waals surface area (Å²) in [6, 6.07) is 12.1. The summed E-state index contributed by atoms with van der Waals surface area (Å²) in [4.78, 5) is 0. The number of benzene rings is 2. The molecule has 112 valence electrons. The van der Waals surface area contributed by atoms with Crippen molar-refractivity contribution in [3.8, 4) is 5.75 Å². The van der Waals surface area contributed by atoms with Gasteiger partial charge in [0, 0.05) is 10.6 Å². The average molecular weight is 308 g/mol. The molecule has 0 aliphatic heterocycles. The summed E-state index contributed by atoms with van der Waals surface area (Å²) < 4.78 is 19.7. The van der Waals surface area contributed by atoms with E-state index in [2.05, 4.69) is 5.32 Å². The summed E-state index contributed by atoms with van der Waals surface area (Å²) in [5.41, 5.74) is 1.61. The van der Waals surface area contributed by atoms with Crippen LogP contribution in [0.3, 0.4) is 0 Å². The van der Waals surface area contributed by atoms with Crippen molar-refractivity contribution < 1.29 is 9.13 Å². The number of rotatable bonds is 6. The van der Waals surface area contributed by atoms with Crippen molar-refractivity contribution in [2.45, 2.75) is 19.9 Å². The third-order valence-corrected chi connectivity index (χ3v) is 3.52. The van der Waals surface area contributed by atoms with E-state index in [-0.39, 0.29) is 11.9 Å². The molecule has 0 aliphatic carbocycles. The van der Waals surface area contributed by atoms with E-state index in [4.69, 9.17) is 16.3 Å². The highest BCUT2D eigenvalue weighted by molar-refractivity contribution is 6.30. The Bertz CT molecular complexity index is 603. The van der Waals surface area contributed by atoms with Gasteiger partial charge in [0.1, 0.15) is 18.2 Å². The van der Waals surface area contributed by atoms with Crippen molar-refractivity contribution in [2.75, 3.05) is 13.2 Å². The molecule has 0 saturated carbocycles. The van der Waals surface area contributed by atoms with Crippen LogP contribution in [0.4, 0.5) is 4.39 Å². The lowest BCUT2D eigenvalue weighted by Gasteiger charge is -2.20. The zero-order valence-electron chi connectivity index (χ0n) is 12.2. The lowest BCUT2D eigenvalue weighted by molar-refractivity contribution is 0.263. The van der Waals surface area contributed by atoms with E-state index in [1.807, 2.05) is 32.0 Å². The van der Waals surface area contributed by atoms with Crippen LogP contribution in [-0.2, 0) is 0 Å². The summed E-state index contributed by atoms with van der Waals surface area (Å²) in [6.45, 7) is 5.02. The molecule has 0 fully saturated rings. The minimum atomic E-state index is -0.227. The second-order valence-electron chi connectivity index (χ2n) is 4.85.